The molecule has 0 radical (unpaired) electrons. The molecule has 0 amide bonds. The number of rotatable bonds is 5. The number of benzene rings is 2. The van der Waals surface area contributed by atoms with Gasteiger partial charge in [0.05, 0.1) is 10.5 Å². The SMILES string of the molecule is N#CN1CC[C@@H](N(Cc2ccc(C(F)(F)F)cc2)S(=O)(=O)c2cc(Br)ccc2Br)C1. The van der Waals surface area contributed by atoms with E-state index in [9.17, 15) is 21.6 Å². The van der Waals surface area contributed by atoms with E-state index in [0.717, 1.165) is 12.1 Å². The molecule has 160 valence electrons. The van der Waals surface area contributed by atoms with Gasteiger partial charge in [-0.2, -0.15) is 22.7 Å². The van der Waals surface area contributed by atoms with Gasteiger partial charge in [0, 0.05) is 34.6 Å². The molecule has 0 aromatic heterocycles. The minimum Gasteiger partial charge on any atom is -0.309 e. The van der Waals surface area contributed by atoms with Crippen LogP contribution < -0.4 is 0 Å². The fraction of sp³-hybridized carbons (Fsp3) is 0.316. The molecule has 1 aliphatic heterocycles. The van der Waals surface area contributed by atoms with Crippen LogP contribution in [0.5, 0.6) is 0 Å². The second kappa shape index (κ2) is 8.86. The third kappa shape index (κ3) is 4.99. The Morgan fingerprint density at radius 2 is 1.83 bits per heavy atom. The van der Waals surface area contributed by atoms with Gasteiger partial charge in [0.25, 0.3) is 0 Å². The number of hydrogen-bond donors (Lipinski definition) is 0. The van der Waals surface area contributed by atoms with E-state index >= 15 is 0 Å². The molecule has 0 aliphatic carbocycles. The van der Waals surface area contributed by atoms with Gasteiger partial charge in [-0.05, 0) is 58.2 Å². The Morgan fingerprint density at radius 1 is 1.17 bits per heavy atom. The molecule has 1 fully saturated rings. The maximum atomic E-state index is 13.5. The van der Waals surface area contributed by atoms with Crippen LogP contribution in [0, 0.1) is 11.5 Å². The summed E-state index contributed by atoms with van der Waals surface area (Å²) in [5.41, 5.74) is -0.375. The molecular weight excluding hydrogens is 551 g/mol. The lowest BCUT2D eigenvalue weighted by Crippen LogP contribution is -2.41. The number of nitrogens with zero attached hydrogens (tertiary/aromatic N) is 3. The van der Waals surface area contributed by atoms with Crippen molar-refractivity contribution in [2.75, 3.05) is 13.1 Å². The van der Waals surface area contributed by atoms with Gasteiger partial charge in [-0.15, -0.1) is 0 Å². The molecule has 1 atom stereocenters. The Labute approximate surface area is 189 Å². The van der Waals surface area contributed by atoms with Crippen molar-refractivity contribution in [2.45, 2.75) is 30.1 Å². The first-order chi connectivity index (χ1) is 14.0. The van der Waals surface area contributed by atoms with Crippen molar-refractivity contribution in [1.82, 2.24) is 9.21 Å². The second-order valence-corrected chi connectivity index (χ2v) is 10.4. The van der Waals surface area contributed by atoms with Gasteiger partial charge in [0.1, 0.15) is 0 Å². The summed E-state index contributed by atoms with van der Waals surface area (Å²) in [6.07, 6.45) is -2.01. The Balaban J connectivity index is 1.99. The lowest BCUT2D eigenvalue weighted by Gasteiger charge is -2.28. The minimum absolute atomic E-state index is 0.0409. The van der Waals surface area contributed by atoms with Crippen LogP contribution in [-0.4, -0.2) is 36.8 Å². The first-order valence-corrected chi connectivity index (χ1v) is 11.8. The van der Waals surface area contributed by atoms with Crippen molar-refractivity contribution in [3.05, 3.63) is 62.5 Å². The monoisotopic (exact) mass is 565 g/mol. The van der Waals surface area contributed by atoms with Gasteiger partial charge in [-0.25, -0.2) is 8.42 Å². The number of nitriles is 1. The number of alkyl halides is 3. The summed E-state index contributed by atoms with van der Waals surface area (Å²) in [6, 6.07) is 8.70. The highest BCUT2D eigenvalue weighted by molar-refractivity contribution is 9.11. The molecule has 0 saturated carbocycles. The summed E-state index contributed by atoms with van der Waals surface area (Å²) in [5, 5.41) is 9.15. The van der Waals surface area contributed by atoms with E-state index in [-0.39, 0.29) is 18.0 Å². The first-order valence-electron chi connectivity index (χ1n) is 8.80. The molecule has 0 N–H and O–H groups in total. The topological polar surface area (TPSA) is 64.4 Å². The molecule has 1 aliphatic rings. The average molecular weight is 567 g/mol. The van der Waals surface area contributed by atoms with E-state index < -0.39 is 27.8 Å². The van der Waals surface area contributed by atoms with Crippen LogP contribution in [0.15, 0.2) is 56.3 Å². The van der Waals surface area contributed by atoms with Crippen LogP contribution in [0.3, 0.4) is 0 Å². The van der Waals surface area contributed by atoms with Crippen molar-refractivity contribution in [3.63, 3.8) is 0 Å². The highest BCUT2D eigenvalue weighted by atomic mass is 79.9. The van der Waals surface area contributed by atoms with Crippen LogP contribution in [0.4, 0.5) is 13.2 Å². The van der Waals surface area contributed by atoms with E-state index in [0.29, 0.717) is 27.5 Å². The molecule has 0 unspecified atom stereocenters. The summed E-state index contributed by atoms with van der Waals surface area (Å²) in [4.78, 5) is 1.51. The molecule has 0 spiro atoms. The van der Waals surface area contributed by atoms with Crippen molar-refractivity contribution < 1.29 is 21.6 Å². The maximum Gasteiger partial charge on any atom is 0.416 e. The summed E-state index contributed by atoms with van der Waals surface area (Å²) in [6.45, 7) is 0.533. The van der Waals surface area contributed by atoms with Crippen molar-refractivity contribution in [2.24, 2.45) is 0 Å². The Bertz CT molecular complexity index is 1070. The second-order valence-electron chi connectivity index (χ2n) is 6.81. The zero-order valence-electron chi connectivity index (χ0n) is 15.4. The number of likely N-dealkylation sites (tertiary alicyclic amines) is 1. The largest absolute Gasteiger partial charge is 0.416 e. The summed E-state index contributed by atoms with van der Waals surface area (Å²) < 4.78 is 67.8. The molecule has 2 aromatic rings. The van der Waals surface area contributed by atoms with Crippen LogP contribution in [0.2, 0.25) is 0 Å². The molecule has 1 saturated heterocycles. The third-order valence-corrected chi connectivity index (χ3v) is 8.20. The highest BCUT2D eigenvalue weighted by Gasteiger charge is 2.37. The quantitative estimate of drug-likeness (QED) is 0.479. The lowest BCUT2D eigenvalue weighted by molar-refractivity contribution is -0.137. The van der Waals surface area contributed by atoms with E-state index in [1.807, 2.05) is 6.19 Å². The van der Waals surface area contributed by atoms with Crippen molar-refractivity contribution in [1.29, 1.82) is 5.26 Å². The summed E-state index contributed by atoms with van der Waals surface area (Å²) in [7, 11) is -4.01. The van der Waals surface area contributed by atoms with E-state index in [4.69, 9.17) is 5.26 Å². The van der Waals surface area contributed by atoms with E-state index in [1.54, 1.807) is 12.1 Å². The summed E-state index contributed by atoms with van der Waals surface area (Å²) >= 11 is 6.54. The van der Waals surface area contributed by atoms with E-state index in [2.05, 4.69) is 31.9 Å². The molecule has 3 rings (SSSR count). The van der Waals surface area contributed by atoms with Gasteiger partial charge in [0.2, 0.25) is 10.0 Å². The van der Waals surface area contributed by atoms with Gasteiger partial charge in [-0.3, -0.25) is 0 Å². The Morgan fingerprint density at radius 3 is 2.40 bits per heavy atom. The van der Waals surface area contributed by atoms with Crippen LogP contribution in [0.25, 0.3) is 0 Å². The van der Waals surface area contributed by atoms with Gasteiger partial charge in [-0.1, -0.05) is 28.1 Å². The first kappa shape index (κ1) is 23.1. The van der Waals surface area contributed by atoms with Gasteiger partial charge in [0.15, 0.2) is 6.19 Å². The number of halogens is 5. The van der Waals surface area contributed by atoms with Crippen LogP contribution in [-0.2, 0) is 22.7 Å². The lowest BCUT2D eigenvalue weighted by atomic mass is 10.1. The zero-order valence-corrected chi connectivity index (χ0v) is 19.4. The van der Waals surface area contributed by atoms with Gasteiger partial charge < -0.3 is 4.90 Å². The Hall–Kier alpha value is -1.61. The predicted molar refractivity (Wildman–Crippen MR) is 112 cm³/mol. The summed E-state index contributed by atoms with van der Waals surface area (Å²) in [5.74, 6) is 0. The fourth-order valence-electron chi connectivity index (χ4n) is 3.26. The smallest absolute Gasteiger partial charge is 0.309 e. The molecule has 5 nitrogen and oxygen atoms in total. The highest BCUT2D eigenvalue weighted by Crippen LogP contribution is 2.33. The molecule has 2 aromatic carbocycles. The standard InChI is InChI=1S/C19H16Br2F3N3O2S/c20-15-5-6-17(21)18(9-15)30(28,29)27(16-7-8-26(11-16)12-25)10-13-1-3-14(4-2-13)19(22,23)24/h1-6,9,16H,7-8,10-11H2/t16-/m1/s1. The van der Waals surface area contributed by atoms with Crippen molar-refractivity contribution in [3.8, 4) is 6.19 Å². The minimum atomic E-state index is -4.47. The van der Waals surface area contributed by atoms with Crippen molar-refractivity contribution >= 4 is 41.9 Å². The van der Waals surface area contributed by atoms with E-state index in [1.165, 1.54) is 27.4 Å². The predicted octanol–water partition coefficient (Wildman–Crippen LogP) is 4.98. The average Bonchev–Trinajstić information content (AvgIpc) is 3.16. The normalized spacial score (nSPS) is 17.4. The molecule has 11 heteroatoms. The third-order valence-electron chi connectivity index (χ3n) is 4.81. The van der Waals surface area contributed by atoms with Gasteiger partial charge >= 0.3 is 6.18 Å². The Kier molecular flexibility index (Phi) is 6.81. The molecule has 0 bridgehead atoms. The van der Waals surface area contributed by atoms with Crippen LogP contribution in [0.1, 0.15) is 17.5 Å². The zero-order chi connectivity index (χ0) is 22.1. The molecule has 30 heavy (non-hydrogen) atoms. The maximum absolute atomic E-state index is 13.5. The number of hydrogen-bond acceptors (Lipinski definition) is 4. The van der Waals surface area contributed by atoms with Crippen LogP contribution >= 0.6 is 31.9 Å². The molecular formula is C19H16Br2F3N3O2S. The fourth-order valence-corrected chi connectivity index (χ4v) is 6.36. The number of sulfonamides is 1. The molecule has 1 heterocycles.